The summed E-state index contributed by atoms with van der Waals surface area (Å²) in [5.41, 5.74) is 1.09. The number of hydrogen-bond donors (Lipinski definition) is 1. The predicted molar refractivity (Wildman–Crippen MR) is 59.4 cm³/mol. The fraction of sp³-hybridized carbons (Fsp3) is 0.500. The smallest absolute Gasteiger partial charge is 0.0667 e. The number of anilines is 1. The van der Waals surface area contributed by atoms with E-state index in [9.17, 15) is 0 Å². The summed E-state index contributed by atoms with van der Waals surface area (Å²) in [5.74, 6) is 0. The summed E-state index contributed by atoms with van der Waals surface area (Å²) in [6.45, 7) is 1.70. The zero-order valence-electron chi connectivity index (χ0n) is 7.87. The molecule has 0 amide bonds. The van der Waals surface area contributed by atoms with E-state index in [4.69, 9.17) is 4.74 Å². The van der Waals surface area contributed by atoms with Gasteiger partial charge in [-0.05, 0) is 34.8 Å². The second kappa shape index (κ2) is 4.75. The molecule has 1 aromatic rings. The summed E-state index contributed by atoms with van der Waals surface area (Å²) in [4.78, 5) is 4.02. The van der Waals surface area contributed by atoms with Crippen LogP contribution in [0.2, 0.25) is 0 Å². The molecule has 0 bridgehead atoms. The zero-order valence-corrected chi connectivity index (χ0v) is 9.46. The number of nitrogens with one attached hydrogen (secondary N) is 1. The molecule has 76 valence electrons. The molecule has 1 unspecified atom stereocenters. The maximum absolute atomic E-state index is 5.40. The Bertz CT molecular complexity index is 300. The normalized spacial score (nSPS) is 21.9. The van der Waals surface area contributed by atoms with E-state index in [1.807, 2.05) is 6.07 Å². The summed E-state index contributed by atoms with van der Waals surface area (Å²) >= 11 is 3.46. The average molecular weight is 257 g/mol. The van der Waals surface area contributed by atoms with E-state index in [-0.39, 0.29) is 0 Å². The van der Waals surface area contributed by atoms with Crippen molar-refractivity contribution in [3.63, 3.8) is 0 Å². The standard InChI is InChI=1S/C10H13BrN2O/c11-9-6-12-4-3-10(9)13-8-2-1-5-14-7-8/h3-4,6,8H,1-2,5,7H2,(H,12,13). The quantitative estimate of drug-likeness (QED) is 0.883. The molecular weight excluding hydrogens is 244 g/mol. The Hall–Kier alpha value is -0.610. The number of nitrogens with zero attached hydrogens (tertiary/aromatic N) is 1. The highest BCUT2D eigenvalue weighted by Gasteiger charge is 2.14. The lowest BCUT2D eigenvalue weighted by molar-refractivity contribution is 0.0876. The van der Waals surface area contributed by atoms with Crippen LogP contribution in [0.4, 0.5) is 5.69 Å². The monoisotopic (exact) mass is 256 g/mol. The Kier molecular flexibility index (Phi) is 3.37. The van der Waals surface area contributed by atoms with Crippen LogP contribution in [0.15, 0.2) is 22.9 Å². The Morgan fingerprint density at radius 2 is 2.50 bits per heavy atom. The molecule has 0 saturated carbocycles. The molecule has 1 fully saturated rings. The molecule has 0 spiro atoms. The molecule has 4 heteroatoms. The fourth-order valence-corrected chi connectivity index (χ4v) is 1.93. The first-order valence-electron chi connectivity index (χ1n) is 4.80. The molecule has 14 heavy (non-hydrogen) atoms. The van der Waals surface area contributed by atoms with E-state index in [1.54, 1.807) is 12.4 Å². The van der Waals surface area contributed by atoms with Crippen LogP contribution < -0.4 is 5.32 Å². The van der Waals surface area contributed by atoms with Crippen LogP contribution >= 0.6 is 15.9 Å². The number of rotatable bonds is 2. The SMILES string of the molecule is Brc1cnccc1NC1CCCOC1. The van der Waals surface area contributed by atoms with Gasteiger partial charge in [0.05, 0.1) is 16.8 Å². The van der Waals surface area contributed by atoms with Gasteiger partial charge in [0, 0.05) is 25.0 Å². The molecule has 3 nitrogen and oxygen atoms in total. The van der Waals surface area contributed by atoms with Crippen LogP contribution in [0.25, 0.3) is 0 Å². The van der Waals surface area contributed by atoms with Crippen molar-refractivity contribution in [1.29, 1.82) is 0 Å². The lowest BCUT2D eigenvalue weighted by Gasteiger charge is -2.24. The van der Waals surface area contributed by atoms with Gasteiger partial charge in [0.1, 0.15) is 0 Å². The van der Waals surface area contributed by atoms with Crippen molar-refractivity contribution >= 4 is 21.6 Å². The molecule has 0 radical (unpaired) electrons. The van der Waals surface area contributed by atoms with E-state index in [0.29, 0.717) is 6.04 Å². The van der Waals surface area contributed by atoms with Crippen LogP contribution in [-0.2, 0) is 4.74 Å². The average Bonchev–Trinajstić information content (AvgIpc) is 2.23. The summed E-state index contributed by atoms with van der Waals surface area (Å²) in [6.07, 6.45) is 5.90. The minimum atomic E-state index is 0.433. The van der Waals surface area contributed by atoms with Crippen molar-refractivity contribution < 1.29 is 4.74 Å². The van der Waals surface area contributed by atoms with Gasteiger partial charge in [0.25, 0.3) is 0 Å². The molecule has 1 N–H and O–H groups in total. The fourth-order valence-electron chi connectivity index (χ4n) is 1.57. The number of hydrogen-bond acceptors (Lipinski definition) is 3. The molecule has 1 atom stereocenters. The minimum Gasteiger partial charge on any atom is -0.379 e. The van der Waals surface area contributed by atoms with Gasteiger partial charge in [-0.2, -0.15) is 0 Å². The molecule has 0 aliphatic carbocycles. The third-order valence-electron chi connectivity index (χ3n) is 2.29. The van der Waals surface area contributed by atoms with E-state index >= 15 is 0 Å². The highest BCUT2D eigenvalue weighted by molar-refractivity contribution is 9.10. The van der Waals surface area contributed by atoms with Gasteiger partial charge in [0.2, 0.25) is 0 Å². The van der Waals surface area contributed by atoms with Gasteiger partial charge in [-0.25, -0.2) is 0 Å². The molecular formula is C10H13BrN2O. The van der Waals surface area contributed by atoms with Crippen LogP contribution in [-0.4, -0.2) is 24.2 Å². The first kappa shape index (κ1) is 9.93. The van der Waals surface area contributed by atoms with Crippen LogP contribution in [0.3, 0.4) is 0 Å². The third kappa shape index (κ3) is 2.45. The van der Waals surface area contributed by atoms with Gasteiger partial charge in [-0.3, -0.25) is 4.98 Å². The molecule has 1 aromatic heterocycles. The first-order valence-corrected chi connectivity index (χ1v) is 5.59. The Morgan fingerprint density at radius 3 is 3.21 bits per heavy atom. The van der Waals surface area contributed by atoms with E-state index in [2.05, 4.69) is 26.2 Å². The van der Waals surface area contributed by atoms with E-state index in [0.717, 1.165) is 29.8 Å². The van der Waals surface area contributed by atoms with Crippen LogP contribution in [0.1, 0.15) is 12.8 Å². The first-order chi connectivity index (χ1) is 6.86. The second-order valence-electron chi connectivity index (χ2n) is 3.41. The van der Waals surface area contributed by atoms with Crippen molar-refractivity contribution in [2.24, 2.45) is 0 Å². The van der Waals surface area contributed by atoms with Crippen LogP contribution in [0, 0.1) is 0 Å². The van der Waals surface area contributed by atoms with E-state index in [1.165, 1.54) is 6.42 Å². The predicted octanol–water partition coefficient (Wildman–Crippen LogP) is 2.44. The number of pyridine rings is 1. The molecule has 0 aromatic carbocycles. The van der Waals surface area contributed by atoms with Gasteiger partial charge >= 0.3 is 0 Å². The Balaban J connectivity index is 1.99. The van der Waals surface area contributed by atoms with Gasteiger partial charge in [0.15, 0.2) is 0 Å². The molecule has 2 heterocycles. The number of ether oxygens (including phenoxy) is 1. The Labute approximate surface area is 92.0 Å². The van der Waals surface area contributed by atoms with Gasteiger partial charge < -0.3 is 10.1 Å². The second-order valence-corrected chi connectivity index (χ2v) is 4.27. The van der Waals surface area contributed by atoms with Crippen LogP contribution in [0.5, 0.6) is 0 Å². The number of halogens is 1. The molecule has 1 aliphatic heterocycles. The summed E-state index contributed by atoms with van der Waals surface area (Å²) in [5, 5.41) is 3.44. The number of aromatic nitrogens is 1. The maximum Gasteiger partial charge on any atom is 0.0667 e. The zero-order chi connectivity index (χ0) is 9.80. The molecule has 1 saturated heterocycles. The van der Waals surface area contributed by atoms with Crippen molar-refractivity contribution in [2.75, 3.05) is 18.5 Å². The lowest BCUT2D eigenvalue weighted by atomic mass is 10.1. The van der Waals surface area contributed by atoms with Gasteiger partial charge in [-0.15, -0.1) is 0 Å². The van der Waals surface area contributed by atoms with Crippen molar-refractivity contribution in [3.05, 3.63) is 22.9 Å². The topological polar surface area (TPSA) is 34.2 Å². The Morgan fingerprint density at radius 1 is 1.57 bits per heavy atom. The van der Waals surface area contributed by atoms with Crippen molar-refractivity contribution in [2.45, 2.75) is 18.9 Å². The van der Waals surface area contributed by atoms with Crippen molar-refractivity contribution in [1.82, 2.24) is 4.98 Å². The molecule has 1 aliphatic rings. The highest BCUT2D eigenvalue weighted by Crippen LogP contribution is 2.22. The lowest BCUT2D eigenvalue weighted by Crippen LogP contribution is -2.30. The highest BCUT2D eigenvalue weighted by atomic mass is 79.9. The minimum absolute atomic E-state index is 0.433. The largest absolute Gasteiger partial charge is 0.379 e. The summed E-state index contributed by atoms with van der Waals surface area (Å²) in [6, 6.07) is 2.40. The third-order valence-corrected chi connectivity index (χ3v) is 2.92. The summed E-state index contributed by atoms with van der Waals surface area (Å²) < 4.78 is 6.41. The molecule has 2 rings (SSSR count). The summed E-state index contributed by atoms with van der Waals surface area (Å²) in [7, 11) is 0. The maximum atomic E-state index is 5.40. The van der Waals surface area contributed by atoms with E-state index < -0.39 is 0 Å². The van der Waals surface area contributed by atoms with Crippen molar-refractivity contribution in [3.8, 4) is 0 Å². The van der Waals surface area contributed by atoms with Gasteiger partial charge in [-0.1, -0.05) is 0 Å².